The van der Waals surface area contributed by atoms with Crippen LogP contribution in [0.5, 0.6) is 0 Å². The summed E-state index contributed by atoms with van der Waals surface area (Å²) in [4.78, 5) is 28.5. The lowest BCUT2D eigenvalue weighted by molar-refractivity contribution is -0.128. The molecule has 0 unspecified atom stereocenters. The van der Waals surface area contributed by atoms with Gasteiger partial charge in [0.2, 0.25) is 5.91 Å². The van der Waals surface area contributed by atoms with E-state index in [1.54, 1.807) is 7.05 Å². The zero-order valence-electron chi connectivity index (χ0n) is 10.2. The molecule has 1 heterocycles. The van der Waals surface area contributed by atoms with Gasteiger partial charge in [-0.25, -0.2) is 4.98 Å². The van der Waals surface area contributed by atoms with Crippen LogP contribution in [0.25, 0.3) is 0 Å². The topological polar surface area (TPSA) is 88.3 Å². The second-order valence-corrected chi connectivity index (χ2v) is 4.06. The molecule has 7 heteroatoms. The summed E-state index contributed by atoms with van der Waals surface area (Å²) in [5.41, 5.74) is 6.01. The van der Waals surface area contributed by atoms with Gasteiger partial charge < -0.3 is 16.0 Å². The van der Waals surface area contributed by atoms with Crippen molar-refractivity contribution in [2.45, 2.75) is 6.92 Å². The molecule has 0 aliphatic rings. The minimum atomic E-state index is -0.474. The second kappa shape index (κ2) is 6.20. The van der Waals surface area contributed by atoms with Crippen molar-refractivity contribution in [3.8, 4) is 0 Å². The van der Waals surface area contributed by atoms with Crippen molar-refractivity contribution in [2.24, 2.45) is 0 Å². The monoisotopic (exact) mass is 270 g/mol. The van der Waals surface area contributed by atoms with E-state index in [0.29, 0.717) is 12.2 Å². The molecule has 0 atom stereocenters. The van der Waals surface area contributed by atoms with Gasteiger partial charge in [0.15, 0.2) is 0 Å². The average Bonchev–Trinajstić information content (AvgIpc) is 2.37. The first-order chi connectivity index (χ1) is 8.45. The van der Waals surface area contributed by atoms with Gasteiger partial charge in [0.25, 0.3) is 5.91 Å². The van der Waals surface area contributed by atoms with E-state index < -0.39 is 5.91 Å². The van der Waals surface area contributed by atoms with E-state index in [2.05, 4.69) is 10.3 Å². The second-order valence-electron chi connectivity index (χ2n) is 3.70. The summed E-state index contributed by atoms with van der Waals surface area (Å²) in [7, 11) is 1.66. The number of halogens is 1. The maximum atomic E-state index is 11.8. The number of nitrogens with two attached hydrogens (primary N) is 1. The van der Waals surface area contributed by atoms with Crippen LogP contribution in [0.3, 0.4) is 0 Å². The van der Waals surface area contributed by atoms with E-state index in [1.807, 2.05) is 6.92 Å². The fourth-order valence-corrected chi connectivity index (χ4v) is 1.38. The number of nitrogen functional groups attached to an aromatic ring is 1. The molecule has 1 rings (SSSR count). The molecule has 0 aromatic carbocycles. The van der Waals surface area contributed by atoms with E-state index in [0.717, 1.165) is 0 Å². The van der Waals surface area contributed by atoms with Crippen LogP contribution in [-0.4, -0.2) is 41.8 Å². The van der Waals surface area contributed by atoms with Gasteiger partial charge in [-0.1, -0.05) is 11.6 Å². The number of nitrogens with zero attached hydrogens (tertiary/aromatic N) is 2. The maximum absolute atomic E-state index is 11.8. The van der Waals surface area contributed by atoms with Gasteiger partial charge in [0, 0.05) is 13.6 Å². The molecular formula is C11H15ClN4O2. The van der Waals surface area contributed by atoms with Gasteiger partial charge in [-0.3, -0.25) is 9.59 Å². The standard InChI is InChI=1S/C11H15ClN4O2/c1-3-16(2)9(17)6-15-11(18)8-4-7(13)5-14-10(8)12/h4-5H,3,6,13H2,1-2H3,(H,15,18). The minimum Gasteiger partial charge on any atom is -0.397 e. The van der Waals surface area contributed by atoms with Crippen LogP contribution in [0.1, 0.15) is 17.3 Å². The van der Waals surface area contributed by atoms with Gasteiger partial charge in [-0.05, 0) is 13.0 Å². The molecule has 0 saturated carbocycles. The van der Waals surface area contributed by atoms with E-state index in [9.17, 15) is 9.59 Å². The molecule has 18 heavy (non-hydrogen) atoms. The number of carbonyl (C=O) groups is 2. The number of nitrogens with one attached hydrogen (secondary N) is 1. The van der Waals surface area contributed by atoms with Gasteiger partial charge in [0.05, 0.1) is 24.0 Å². The van der Waals surface area contributed by atoms with Gasteiger partial charge >= 0.3 is 0 Å². The van der Waals surface area contributed by atoms with Crippen LogP contribution < -0.4 is 11.1 Å². The molecule has 0 aliphatic carbocycles. The van der Waals surface area contributed by atoms with Crippen LogP contribution in [0.15, 0.2) is 12.3 Å². The molecule has 98 valence electrons. The minimum absolute atomic E-state index is 0.0537. The smallest absolute Gasteiger partial charge is 0.254 e. The number of likely N-dealkylation sites (N-methyl/N-ethyl adjacent to an activating group) is 1. The summed E-state index contributed by atoms with van der Waals surface area (Å²) in [6, 6.07) is 1.42. The third-order valence-corrected chi connectivity index (χ3v) is 2.71. The molecule has 0 spiro atoms. The molecule has 3 N–H and O–H groups in total. The maximum Gasteiger partial charge on any atom is 0.254 e. The Balaban J connectivity index is 2.66. The van der Waals surface area contributed by atoms with Crippen molar-refractivity contribution in [1.82, 2.24) is 15.2 Å². The first kappa shape index (κ1) is 14.2. The van der Waals surface area contributed by atoms with Crippen molar-refractivity contribution in [1.29, 1.82) is 0 Å². The number of hydrogen-bond donors (Lipinski definition) is 2. The van der Waals surface area contributed by atoms with Crippen LogP contribution in [0, 0.1) is 0 Å². The third-order valence-electron chi connectivity index (χ3n) is 2.41. The van der Waals surface area contributed by atoms with Crippen molar-refractivity contribution in [2.75, 3.05) is 25.9 Å². The number of carbonyl (C=O) groups excluding carboxylic acids is 2. The normalized spacial score (nSPS) is 9.94. The van der Waals surface area contributed by atoms with Crippen LogP contribution in [0.4, 0.5) is 5.69 Å². The lowest BCUT2D eigenvalue weighted by Gasteiger charge is -2.14. The van der Waals surface area contributed by atoms with E-state index in [1.165, 1.54) is 17.2 Å². The Labute approximate surface area is 110 Å². The molecule has 1 aromatic heterocycles. The lowest BCUT2D eigenvalue weighted by atomic mass is 10.2. The van der Waals surface area contributed by atoms with Crippen molar-refractivity contribution < 1.29 is 9.59 Å². The predicted octanol–water partition coefficient (Wildman–Crippen LogP) is 0.525. The highest BCUT2D eigenvalue weighted by Crippen LogP contribution is 2.15. The Kier molecular flexibility index (Phi) is 4.91. The fourth-order valence-electron chi connectivity index (χ4n) is 1.19. The van der Waals surface area contributed by atoms with Crippen molar-refractivity contribution in [3.05, 3.63) is 23.0 Å². The SMILES string of the molecule is CCN(C)C(=O)CNC(=O)c1cc(N)cnc1Cl. The molecular weight excluding hydrogens is 256 g/mol. The lowest BCUT2D eigenvalue weighted by Crippen LogP contribution is -2.38. The van der Waals surface area contributed by atoms with Crippen molar-refractivity contribution in [3.63, 3.8) is 0 Å². The Morgan fingerprint density at radius 3 is 2.83 bits per heavy atom. The first-order valence-corrected chi connectivity index (χ1v) is 5.76. The van der Waals surface area contributed by atoms with Crippen LogP contribution in [-0.2, 0) is 4.79 Å². The Bertz CT molecular complexity index is 464. The Morgan fingerprint density at radius 2 is 2.22 bits per heavy atom. The zero-order chi connectivity index (χ0) is 13.7. The zero-order valence-corrected chi connectivity index (χ0v) is 11.0. The summed E-state index contributed by atoms with van der Waals surface area (Å²) in [5, 5.41) is 2.53. The number of amides is 2. The molecule has 0 fully saturated rings. The molecule has 0 bridgehead atoms. The van der Waals surface area contributed by atoms with E-state index in [-0.39, 0.29) is 23.2 Å². The van der Waals surface area contributed by atoms with Gasteiger partial charge in [-0.15, -0.1) is 0 Å². The molecule has 1 aromatic rings. The molecule has 0 aliphatic heterocycles. The Morgan fingerprint density at radius 1 is 1.56 bits per heavy atom. The summed E-state index contributed by atoms with van der Waals surface area (Å²) < 4.78 is 0. The number of rotatable bonds is 4. The van der Waals surface area contributed by atoms with Crippen LogP contribution in [0.2, 0.25) is 5.15 Å². The molecule has 2 amide bonds. The Hall–Kier alpha value is -1.82. The van der Waals surface area contributed by atoms with Crippen LogP contribution >= 0.6 is 11.6 Å². The molecule has 6 nitrogen and oxygen atoms in total. The highest BCUT2D eigenvalue weighted by atomic mass is 35.5. The largest absolute Gasteiger partial charge is 0.397 e. The highest BCUT2D eigenvalue weighted by molar-refractivity contribution is 6.32. The highest BCUT2D eigenvalue weighted by Gasteiger charge is 2.14. The number of hydrogen-bond acceptors (Lipinski definition) is 4. The number of pyridine rings is 1. The summed E-state index contributed by atoms with van der Waals surface area (Å²) >= 11 is 5.77. The van der Waals surface area contributed by atoms with Gasteiger partial charge in [0.1, 0.15) is 5.15 Å². The molecule has 0 saturated heterocycles. The first-order valence-electron chi connectivity index (χ1n) is 5.38. The fraction of sp³-hybridized carbons (Fsp3) is 0.364. The number of anilines is 1. The molecule has 0 radical (unpaired) electrons. The van der Waals surface area contributed by atoms with E-state index in [4.69, 9.17) is 17.3 Å². The average molecular weight is 271 g/mol. The van der Waals surface area contributed by atoms with E-state index >= 15 is 0 Å². The third kappa shape index (κ3) is 3.59. The summed E-state index contributed by atoms with van der Waals surface area (Å²) in [5.74, 6) is -0.656. The summed E-state index contributed by atoms with van der Waals surface area (Å²) in [6.07, 6.45) is 1.36. The predicted molar refractivity (Wildman–Crippen MR) is 69.3 cm³/mol. The van der Waals surface area contributed by atoms with Crippen molar-refractivity contribution >= 4 is 29.1 Å². The van der Waals surface area contributed by atoms with Gasteiger partial charge in [-0.2, -0.15) is 0 Å². The summed E-state index contributed by atoms with van der Waals surface area (Å²) in [6.45, 7) is 2.34. The number of aromatic nitrogens is 1. The quantitative estimate of drug-likeness (QED) is 0.781.